The summed E-state index contributed by atoms with van der Waals surface area (Å²) in [5.74, 6) is -0.227. The third kappa shape index (κ3) is 2.97. The van der Waals surface area contributed by atoms with Gasteiger partial charge in [0, 0.05) is 18.8 Å². The van der Waals surface area contributed by atoms with Crippen LogP contribution in [0, 0.1) is 12.7 Å². The molecule has 1 aromatic rings. The van der Waals surface area contributed by atoms with Crippen molar-refractivity contribution in [3.05, 3.63) is 29.6 Å². The Morgan fingerprint density at radius 3 is 2.86 bits per heavy atom. The highest BCUT2D eigenvalue weighted by molar-refractivity contribution is 5.45. The minimum Gasteiger partial charge on any atom is -0.390 e. The van der Waals surface area contributed by atoms with Gasteiger partial charge in [0.05, 0.1) is 6.10 Å². The number of aryl methyl sites for hydroxylation is 1. The summed E-state index contributed by atoms with van der Waals surface area (Å²) >= 11 is 0. The highest BCUT2D eigenvalue weighted by atomic mass is 19.1. The van der Waals surface area contributed by atoms with Gasteiger partial charge in [0.2, 0.25) is 0 Å². The molecule has 0 saturated carbocycles. The van der Waals surface area contributed by atoms with Crippen LogP contribution in [0.5, 0.6) is 0 Å². The number of aliphatic hydroxyl groups excluding tert-OH is 1. The molecule has 0 radical (unpaired) electrons. The molecule has 14 heavy (non-hydrogen) atoms. The molecule has 4 N–H and O–H groups in total. The monoisotopic (exact) mass is 198 g/mol. The van der Waals surface area contributed by atoms with Crippen molar-refractivity contribution < 1.29 is 9.50 Å². The lowest BCUT2D eigenvalue weighted by Crippen LogP contribution is -2.27. The number of nitrogens with one attached hydrogen (secondary N) is 1. The van der Waals surface area contributed by atoms with E-state index >= 15 is 0 Å². The lowest BCUT2D eigenvalue weighted by atomic mass is 10.2. The second-order valence-electron chi connectivity index (χ2n) is 3.23. The zero-order valence-electron chi connectivity index (χ0n) is 8.13. The first-order chi connectivity index (χ1) is 6.63. The van der Waals surface area contributed by atoms with Gasteiger partial charge in [0.25, 0.3) is 0 Å². The molecule has 0 spiro atoms. The molecule has 1 rings (SSSR count). The molecule has 0 saturated heterocycles. The van der Waals surface area contributed by atoms with Crippen LogP contribution in [0.2, 0.25) is 0 Å². The highest BCUT2D eigenvalue weighted by Gasteiger charge is 2.02. The lowest BCUT2D eigenvalue weighted by Gasteiger charge is -2.11. The molecule has 78 valence electrons. The predicted octanol–water partition coefficient (Wildman–Crippen LogP) is 0.866. The summed E-state index contributed by atoms with van der Waals surface area (Å²) < 4.78 is 12.9. The number of halogens is 1. The van der Waals surface area contributed by atoms with Crippen LogP contribution in [-0.2, 0) is 0 Å². The van der Waals surface area contributed by atoms with Crippen LogP contribution in [0.4, 0.5) is 10.1 Å². The van der Waals surface area contributed by atoms with E-state index in [1.54, 1.807) is 19.1 Å². The molecule has 4 heteroatoms. The normalized spacial score (nSPS) is 12.6. The number of hydrogen-bond donors (Lipinski definition) is 3. The van der Waals surface area contributed by atoms with E-state index in [0.717, 1.165) is 5.69 Å². The number of nitrogens with two attached hydrogens (primary N) is 1. The van der Waals surface area contributed by atoms with Crippen molar-refractivity contribution in [3.63, 3.8) is 0 Å². The summed E-state index contributed by atoms with van der Waals surface area (Å²) in [5.41, 5.74) is 6.61. The number of anilines is 1. The van der Waals surface area contributed by atoms with Crippen molar-refractivity contribution in [3.8, 4) is 0 Å². The maximum atomic E-state index is 12.9. The maximum absolute atomic E-state index is 12.9. The van der Waals surface area contributed by atoms with Crippen LogP contribution < -0.4 is 11.1 Å². The van der Waals surface area contributed by atoms with Gasteiger partial charge in [-0.25, -0.2) is 4.39 Å². The van der Waals surface area contributed by atoms with E-state index in [0.29, 0.717) is 12.1 Å². The Balaban J connectivity index is 2.55. The lowest BCUT2D eigenvalue weighted by molar-refractivity contribution is 0.196. The average molecular weight is 198 g/mol. The first-order valence-corrected chi connectivity index (χ1v) is 4.51. The van der Waals surface area contributed by atoms with Gasteiger partial charge in [0.15, 0.2) is 0 Å². The zero-order chi connectivity index (χ0) is 10.6. The van der Waals surface area contributed by atoms with Crippen LogP contribution in [0.1, 0.15) is 5.56 Å². The maximum Gasteiger partial charge on any atom is 0.126 e. The van der Waals surface area contributed by atoms with Crippen molar-refractivity contribution in [1.29, 1.82) is 0 Å². The zero-order valence-corrected chi connectivity index (χ0v) is 8.13. The van der Waals surface area contributed by atoms with E-state index in [4.69, 9.17) is 5.73 Å². The van der Waals surface area contributed by atoms with Crippen molar-refractivity contribution >= 4 is 5.69 Å². The van der Waals surface area contributed by atoms with Gasteiger partial charge >= 0.3 is 0 Å². The smallest absolute Gasteiger partial charge is 0.126 e. The summed E-state index contributed by atoms with van der Waals surface area (Å²) in [6, 6.07) is 4.72. The van der Waals surface area contributed by atoms with Crippen molar-refractivity contribution in [2.45, 2.75) is 13.0 Å². The second kappa shape index (κ2) is 4.93. The molecular formula is C10H15FN2O. The van der Waals surface area contributed by atoms with E-state index in [1.165, 1.54) is 6.07 Å². The standard InChI is InChI=1S/C10H15FN2O/c1-7-4-8(2-3-10(7)11)13-6-9(14)5-12/h2-4,9,13-14H,5-6,12H2,1H3. The molecule has 0 bridgehead atoms. The molecule has 0 aliphatic heterocycles. The number of rotatable bonds is 4. The summed E-state index contributed by atoms with van der Waals surface area (Å²) in [6.07, 6.45) is -0.569. The van der Waals surface area contributed by atoms with Gasteiger partial charge in [-0.05, 0) is 30.7 Å². The summed E-state index contributed by atoms with van der Waals surface area (Å²) in [5, 5.41) is 12.1. The van der Waals surface area contributed by atoms with E-state index in [2.05, 4.69) is 5.32 Å². The third-order valence-corrected chi connectivity index (χ3v) is 1.97. The van der Waals surface area contributed by atoms with E-state index in [9.17, 15) is 9.50 Å². The van der Waals surface area contributed by atoms with Crippen LogP contribution in [0.15, 0.2) is 18.2 Å². The number of hydrogen-bond acceptors (Lipinski definition) is 3. The molecule has 0 heterocycles. The Morgan fingerprint density at radius 2 is 2.29 bits per heavy atom. The second-order valence-corrected chi connectivity index (χ2v) is 3.23. The quantitative estimate of drug-likeness (QED) is 0.672. The number of aliphatic hydroxyl groups is 1. The topological polar surface area (TPSA) is 58.3 Å². The Morgan fingerprint density at radius 1 is 1.57 bits per heavy atom. The van der Waals surface area contributed by atoms with Gasteiger partial charge in [-0.2, -0.15) is 0 Å². The van der Waals surface area contributed by atoms with Crippen LogP contribution in [-0.4, -0.2) is 24.3 Å². The minimum absolute atomic E-state index is 0.215. The molecule has 0 fully saturated rings. The molecular weight excluding hydrogens is 183 g/mol. The molecule has 3 nitrogen and oxygen atoms in total. The third-order valence-electron chi connectivity index (χ3n) is 1.97. The minimum atomic E-state index is -0.569. The van der Waals surface area contributed by atoms with Gasteiger partial charge in [-0.15, -0.1) is 0 Å². The molecule has 0 aromatic heterocycles. The molecule has 1 aromatic carbocycles. The van der Waals surface area contributed by atoms with Gasteiger partial charge in [0.1, 0.15) is 5.82 Å². The molecule has 1 atom stereocenters. The summed E-state index contributed by atoms with van der Waals surface area (Å²) in [4.78, 5) is 0. The summed E-state index contributed by atoms with van der Waals surface area (Å²) in [6.45, 7) is 2.29. The Labute approximate surface area is 82.7 Å². The van der Waals surface area contributed by atoms with Crippen LogP contribution in [0.3, 0.4) is 0 Å². The Bertz CT molecular complexity index is 304. The van der Waals surface area contributed by atoms with E-state index in [-0.39, 0.29) is 12.4 Å². The first kappa shape index (κ1) is 10.9. The predicted molar refractivity (Wildman–Crippen MR) is 54.7 cm³/mol. The fourth-order valence-corrected chi connectivity index (χ4v) is 1.07. The average Bonchev–Trinajstić information content (AvgIpc) is 2.19. The Hall–Kier alpha value is -1.13. The fourth-order valence-electron chi connectivity index (χ4n) is 1.07. The molecule has 0 aliphatic rings. The van der Waals surface area contributed by atoms with Crippen LogP contribution in [0.25, 0.3) is 0 Å². The van der Waals surface area contributed by atoms with E-state index < -0.39 is 6.10 Å². The SMILES string of the molecule is Cc1cc(NCC(O)CN)ccc1F. The Kier molecular flexibility index (Phi) is 3.85. The van der Waals surface area contributed by atoms with Crippen molar-refractivity contribution in [2.75, 3.05) is 18.4 Å². The van der Waals surface area contributed by atoms with Crippen molar-refractivity contribution in [2.24, 2.45) is 5.73 Å². The number of benzene rings is 1. The van der Waals surface area contributed by atoms with Gasteiger partial charge in [-0.1, -0.05) is 0 Å². The van der Waals surface area contributed by atoms with Gasteiger partial charge < -0.3 is 16.2 Å². The molecule has 0 aliphatic carbocycles. The highest BCUT2D eigenvalue weighted by Crippen LogP contribution is 2.13. The molecule has 0 amide bonds. The fraction of sp³-hybridized carbons (Fsp3) is 0.400. The largest absolute Gasteiger partial charge is 0.390 e. The first-order valence-electron chi connectivity index (χ1n) is 4.51. The van der Waals surface area contributed by atoms with Gasteiger partial charge in [-0.3, -0.25) is 0 Å². The van der Waals surface area contributed by atoms with E-state index in [1.807, 2.05) is 0 Å². The summed E-state index contributed by atoms with van der Waals surface area (Å²) in [7, 11) is 0. The van der Waals surface area contributed by atoms with Crippen LogP contribution >= 0.6 is 0 Å². The van der Waals surface area contributed by atoms with Crippen molar-refractivity contribution in [1.82, 2.24) is 0 Å². The molecule has 1 unspecified atom stereocenters.